The predicted octanol–water partition coefficient (Wildman–Crippen LogP) is 1.51. The molecule has 4 nitrogen and oxygen atoms in total. The molecule has 0 amide bonds. The van der Waals surface area contributed by atoms with Gasteiger partial charge in [0.05, 0.1) is 5.52 Å². The summed E-state index contributed by atoms with van der Waals surface area (Å²) in [5, 5.41) is 11.6. The van der Waals surface area contributed by atoms with Crippen molar-refractivity contribution < 1.29 is 0 Å². The zero-order chi connectivity index (χ0) is 8.67. The number of nitrogens with zero attached hydrogens (tertiary/aromatic N) is 3. The largest absolute Gasteiger partial charge is 0.255 e. The van der Waals surface area contributed by atoms with Crippen LogP contribution in [0.5, 0.6) is 0 Å². The van der Waals surface area contributed by atoms with Gasteiger partial charge in [-0.3, -0.25) is 10.1 Å². The molecule has 13 heavy (non-hydrogen) atoms. The fraction of sp³-hybridized carbons (Fsp3) is 0. The van der Waals surface area contributed by atoms with Crippen molar-refractivity contribution >= 4 is 21.9 Å². The van der Waals surface area contributed by atoms with Crippen molar-refractivity contribution in [2.75, 3.05) is 0 Å². The normalized spacial score (nSPS) is 11.1. The average Bonchev–Trinajstić information content (AvgIpc) is 2.65. The third kappa shape index (κ3) is 0.823. The number of hydrogen-bond acceptors (Lipinski definition) is 3. The molecule has 0 aliphatic carbocycles. The van der Waals surface area contributed by atoms with E-state index >= 15 is 0 Å². The van der Waals surface area contributed by atoms with Crippen molar-refractivity contribution in [3.8, 4) is 0 Å². The van der Waals surface area contributed by atoms with Crippen LogP contribution in [0.4, 0.5) is 0 Å². The first-order valence-electron chi connectivity index (χ1n) is 4.00. The zero-order valence-corrected chi connectivity index (χ0v) is 6.73. The molecular weight excluding hydrogens is 164 g/mol. The summed E-state index contributed by atoms with van der Waals surface area (Å²) in [6.07, 6.45) is 1.77. The molecule has 3 aromatic rings. The minimum absolute atomic E-state index is 0.853. The lowest BCUT2D eigenvalue weighted by molar-refractivity contribution is 0.960. The molecule has 0 aliphatic heterocycles. The summed E-state index contributed by atoms with van der Waals surface area (Å²) in [5.41, 5.74) is 2.68. The number of pyridine rings is 1. The van der Waals surface area contributed by atoms with Crippen molar-refractivity contribution in [1.29, 1.82) is 0 Å². The number of aromatic nitrogens is 4. The van der Waals surface area contributed by atoms with Gasteiger partial charge in [-0.05, 0) is 12.1 Å². The van der Waals surface area contributed by atoms with Gasteiger partial charge in [0.1, 0.15) is 11.0 Å². The number of H-pyrrole nitrogens is 1. The number of benzene rings is 1. The summed E-state index contributed by atoms with van der Waals surface area (Å²) < 4.78 is 0. The summed E-state index contributed by atoms with van der Waals surface area (Å²) in [5.74, 6) is 0. The van der Waals surface area contributed by atoms with E-state index in [4.69, 9.17) is 0 Å². The Kier molecular flexibility index (Phi) is 1.14. The quantitative estimate of drug-likeness (QED) is 0.556. The molecule has 0 unspecified atom stereocenters. The van der Waals surface area contributed by atoms with Crippen LogP contribution in [0.3, 0.4) is 0 Å². The van der Waals surface area contributed by atoms with Gasteiger partial charge in [-0.25, -0.2) is 0 Å². The van der Waals surface area contributed by atoms with Crippen molar-refractivity contribution in [2.24, 2.45) is 0 Å². The first kappa shape index (κ1) is 6.54. The van der Waals surface area contributed by atoms with Crippen LogP contribution in [0, 0.1) is 0 Å². The molecule has 62 valence electrons. The van der Waals surface area contributed by atoms with Crippen LogP contribution >= 0.6 is 0 Å². The summed E-state index contributed by atoms with van der Waals surface area (Å²) >= 11 is 0. The molecule has 3 rings (SSSR count). The van der Waals surface area contributed by atoms with E-state index in [1.165, 1.54) is 0 Å². The molecule has 0 saturated carbocycles. The first-order valence-corrected chi connectivity index (χ1v) is 4.00. The molecule has 0 radical (unpaired) electrons. The number of hydrogen-bond donors (Lipinski definition) is 1. The Morgan fingerprint density at radius 2 is 2.15 bits per heavy atom. The molecule has 2 heterocycles. The molecule has 1 N–H and O–H groups in total. The first-order chi connectivity index (χ1) is 6.45. The highest BCUT2D eigenvalue weighted by atomic mass is 15.3. The second-order valence-corrected chi connectivity index (χ2v) is 2.85. The Labute approximate surface area is 73.6 Å². The fourth-order valence-corrected chi connectivity index (χ4v) is 1.46. The predicted molar refractivity (Wildman–Crippen MR) is 49.2 cm³/mol. The maximum absolute atomic E-state index is 4.27. The third-order valence-corrected chi connectivity index (χ3v) is 2.07. The van der Waals surface area contributed by atoms with E-state index < -0.39 is 0 Å². The van der Waals surface area contributed by atoms with Gasteiger partial charge in [0.25, 0.3) is 0 Å². The molecule has 0 atom stereocenters. The Balaban J connectivity index is 2.65. The maximum Gasteiger partial charge on any atom is 0.115 e. The second kappa shape index (κ2) is 2.26. The van der Waals surface area contributed by atoms with Crippen LogP contribution in [-0.2, 0) is 0 Å². The molecule has 4 heteroatoms. The highest BCUT2D eigenvalue weighted by Crippen LogP contribution is 2.18. The smallest absolute Gasteiger partial charge is 0.115 e. The third-order valence-electron chi connectivity index (χ3n) is 2.07. The maximum atomic E-state index is 4.27. The Morgan fingerprint density at radius 3 is 3.15 bits per heavy atom. The monoisotopic (exact) mass is 170 g/mol. The van der Waals surface area contributed by atoms with Gasteiger partial charge < -0.3 is 0 Å². The van der Waals surface area contributed by atoms with Gasteiger partial charge in [0.2, 0.25) is 0 Å². The van der Waals surface area contributed by atoms with E-state index in [0.29, 0.717) is 0 Å². The van der Waals surface area contributed by atoms with Gasteiger partial charge in [-0.15, -0.1) is 5.10 Å². The number of fused-ring (bicyclic) bond motifs is 3. The van der Waals surface area contributed by atoms with Crippen LogP contribution < -0.4 is 0 Å². The molecule has 1 aromatic carbocycles. The molecule has 0 spiro atoms. The summed E-state index contributed by atoms with van der Waals surface area (Å²) in [4.78, 5) is 4.27. The van der Waals surface area contributed by atoms with Crippen LogP contribution in [-0.4, -0.2) is 20.4 Å². The number of nitrogens with one attached hydrogen (secondary N) is 1. The van der Waals surface area contributed by atoms with Crippen molar-refractivity contribution in [2.45, 2.75) is 0 Å². The van der Waals surface area contributed by atoms with Crippen molar-refractivity contribution in [1.82, 2.24) is 20.4 Å². The van der Waals surface area contributed by atoms with Gasteiger partial charge in [0.15, 0.2) is 0 Å². The van der Waals surface area contributed by atoms with Gasteiger partial charge in [-0.1, -0.05) is 17.3 Å². The molecule has 2 aromatic heterocycles. The minimum Gasteiger partial charge on any atom is -0.255 e. The SMILES string of the molecule is c1cnc2c(c1)ccc1nn[nH]c12. The Hall–Kier alpha value is -1.97. The number of rotatable bonds is 0. The standard InChI is InChI=1S/C9H6N4/c1-2-6-3-4-7-9(12-13-11-7)8(6)10-5-1/h1-5H,(H,11,12,13). The van der Waals surface area contributed by atoms with Crippen LogP contribution in [0.15, 0.2) is 30.5 Å². The highest BCUT2D eigenvalue weighted by molar-refractivity contribution is 6.00. The van der Waals surface area contributed by atoms with Gasteiger partial charge in [0, 0.05) is 11.6 Å². The van der Waals surface area contributed by atoms with E-state index in [0.717, 1.165) is 21.9 Å². The fourth-order valence-electron chi connectivity index (χ4n) is 1.46. The Morgan fingerprint density at radius 1 is 1.15 bits per heavy atom. The minimum atomic E-state index is 0.853. The number of aromatic amines is 1. The zero-order valence-electron chi connectivity index (χ0n) is 6.73. The molecule has 0 fully saturated rings. The molecule has 0 bridgehead atoms. The van der Waals surface area contributed by atoms with E-state index in [1.54, 1.807) is 6.20 Å². The van der Waals surface area contributed by atoms with Crippen LogP contribution in [0.1, 0.15) is 0 Å². The van der Waals surface area contributed by atoms with Crippen molar-refractivity contribution in [3.05, 3.63) is 30.5 Å². The molecule has 0 aliphatic rings. The lowest BCUT2D eigenvalue weighted by atomic mass is 10.2. The van der Waals surface area contributed by atoms with Gasteiger partial charge in [-0.2, -0.15) is 0 Å². The summed E-state index contributed by atoms with van der Waals surface area (Å²) in [7, 11) is 0. The van der Waals surface area contributed by atoms with E-state index in [2.05, 4.69) is 20.4 Å². The summed E-state index contributed by atoms with van der Waals surface area (Å²) in [6, 6.07) is 7.86. The van der Waals surface area contributed by atoms with Crippen molar-refractivity contribution in [3.63, 3.8) is 0 Å². The lowest BCUT2D eigenvalue weighted by Crippen LogP contribution is -1.79. The highest BCUT2D eigenvalue weighted by Gasteiger charge is 2.02. The molecular formula is C9H6N4. The Bertz CT molecular complexity index is 570. The van der Waals surface area contributed by atoms with E-state index in [9.17, 15) is 0 Å². The lowest BCUT2D eigenvalue weighted by Gasteiger charge is -1.94. The van der Waals surface area contributed by atoms with Gasteiger partial charge >= 0.3 is 0 Å². The summed E-state index contributed by atoms with van der Waals surface area (Å²) in [6.45, 7) is 0. The van der Waals surface area contributed by atoms with Crippen LogP contribution in [0.25, 0.3) is 21.9 Å². The topological polar surface area (TPSA) is 54.5 Å². The molecule has 0 saturated heterocycles. The second-order valence-electron chi connectivity index (χ2n) is 2.85. The average molecular weight is 170 g/mol. The van der Waals surface area contributed by atoms with E-state index in [-0.39, 0.29) is 0 Å². The van der Waals surface area contributed by atoms with E-state index in [1.807, 2.05) is 24.3 Å². The van der Waals surface area contributed by atoms with Crippen LogP contribution in [0.2, 0.25) is 0 Å².